The number of ether oxygens (including phenoxy) is 1. The number of thioether (sulfide) groups is 1. The first-order chi connectivity index (χ1) is 15.0. The third kappa shape index (κ3) is 6.06. The first kappa shape index (κ1) is 23.2. The summed E-state index contributed by atoms with van der Waals surface area (Å²) in [4.78, 5) is 37.7. The molecule has 3 aromatic rings. The van der Waals surface area contributed by atoms with Crippen molar-refractivity contribution in [1.29, 1.82) is 0 Å². The molecule has 1 amide bonds. The molecule has 31 heavy (non-hydrogen) atoms. The molecule has 0 aliphatic heterocycles. The van der Waals surface area contributed by atoms with E-state index in [0.717, 1.165) is 11.3 Å². The lowest BCUT2D eigenvalue weighted by Gasteiger charge is -2.26. The van der Waals surface area contributed by atoms with Crippen LogP contribution in [0.2, 0.25) is 4.47 Å². The van der Waals surface area contributed by atoms with E-state index < -0.39 is 5.92 Å². The van der Waals surface area contributed by atoms with Gasteiger partial charge >= 0.3 is 0 Å². The minimum absolute atomic E-state index is 0.205. The van der Waals surface area contributed by atoms with Crippen LogP contribution in [-0.2, 0) is 16.1 Å². The van der Waals surface area contributed by atoms with Gasteiger partial charge < -0.3 is 4.74 Å². The molecule has 6 nitrogen and oxygen atoms in total. The van der Waals surface area contributed by atoms with Crippen LogP contribution >= 0.6 is 34.7 Å². The highest BCUT2D eigenvalue weighted by Crippen LogP contribution is 2.31. The van der Waals surface area contributed by atoms with Gasteiger partial charge in [0, 0.05) is 23.0 Å². The highest BCUT2D eigenvalue weighted by Gasteiger charge is 2.34. The monoisotopic (exact) mass is 475 g/mol. The molecule has 0 saturated carbocycles. The van der Waals surface area contributed by atoms with E-state index in [1.807, 2.05) is 6.92 Å². The number of aromatic nitrogens is 2. The van der Waals surface area contributed by atoms with Crippen LogP contribution in [0, 0.1) is 0 Å². The number of pyridine rings is 1. The van der Waals surface area contributed by atoms with Gasteiger partial charge in [0.25, 0.3) is 0 Å². The number of rotatable bonds is 9. The molecular weight excluding hydrogens is 454 g/mol. The average Bonchev–Trinajstić information content (AvgIpc) is 3.21. The van der Waals surface area contributed by atoms with Gasteiger partial charge in [-0.25, -0.2) is 9.97 Å². The molecule has 0 bridgehead atoms. The maximum atomic E-state index is 13.8. The predicted octanol–water partition coefficient (Wildman–Crippen LogP) is 5.19. The summed E-state index contributed by atoms with van der Waals surface area (Å²) in [6, 6.07) is 12.4. The number of methoxy groups -OCH3 is 1. The standard InChI is InChI=1S/C22H22ClN3O3S2/c1-3-11-30-21(28)19(15-7-6-8-16(12-15)29-2)20(27)26(18-9-4-5-10-24-18)14-17-13-25-22(23)31-17/h4-10,12-13,19H,3,11,14H2,1-2H3. The molecule has 0 aliphatic carbocycles. The van der Waals surface area contributed by atoms with Crippen LogP contribution < -0.4 is 9.64 Å². The average molecular weight is 476 g/mol. The van der Waals surface area contributed by atoms with Crippen LogP contribution in [0.25, 0.3) is 0 Å². The van der Waals surface area contributed by atoms with Crippen molar-refractivity contribution < 1.29 is 14.3 Å². The molecular formula is C22H22ClN3O3S2. The maximum Gasteiger partial charge on any atom is 0.244 e. The first-order valence-corrected chi connectivity index (χ1v) is 11.8. The SMILES string of the molecule is CCCSC(=O)C(C(=O)N(Cc1cnc(Cl)s1)c1ccccn1)c1cccc(OC)c1. The Kier molecular flexibility index (Phi) is 8.45. The Balaban J connectivity index is 2.02. The quantitative estimate of drug-likeness (QED) is 0.397. The van der Waals surface area contributed by atoms with Crippen LogP contribution in [0.4, 0.5) is 5.82 Å². The smallest absolute Gasteiger partial charge is 0.244 e. The predicted molar refractivity (Wildman–Crippen MR) is 126 cm³/mol. The number of carbonyl (C=O) groups is 2. The Labute approximate surface area is 194 Å². The molecule has 1 atom stereocenters. The van der Waals surface area contributed by atoms with Gasteiger partial charge in [0.1, 0.15) is 17.5 Å². The Morgan fingerprint density at radius 2 is 2.06 bits per heavy atom. The van der Waals surface area contributed by atoms with E-state index >= 15 is 0 Å². The fraction of sp³-hybridized carbons (Fsp3) is 0.273. The zero-order chi connectivity index (χ0) is 22.2. The highest BCUT2D eigenvalue weighted by atomic mass is 35.5. The zero-order valence-corrected chi connectivity index (χ0v) is 19.5. The topological polar surface area (TPSA) is 72.4 Å². The van der Waals surface area contributed by atoms with Crippen molar-refractivity contribution in [3.05, 3.63) is 69.8 Å². The number of halogens is 1. The second-order valence-electron chi connectivity index (χ2n) is 6.57. The third-order valence-corrected chi connectivity index (χ3v) is 6.62. The lowest BCUT2D eigenvalue weighted by atomic mass is 9.98. The van der Waals surface area contributed by atoms with Crippen molar-refractivity contribution in [1.82, 2.24) is 9.97 Å². The van der Waals surface area contributed by atoms with Gasteiger partial charge in [-0.2, -0.15) is 0 Å². The van der Waals surface area contributed by atoms with Gasteiger partial charge in [0.05, 0.1) is 13.7 Å². The summed E-state index contributed by atoms with van der Waals surface area (Å²) in [6.45, 7) is 2.21. The van der Waals surface area contributed by atoms with Crippen molar-refractivity contribution in [2.24, 2.45) is 0 Å². The van der Waals surface area contributed by atoms with E-state index in [0.29, 0.717) is 27.4 Å². The van der Waals surface area contributed by atoms with E-state index in [1.165, 1.54) is 28.0 Å². The summed E-state index contributed by atoms with van der Waals surface area (Å²) in [5.74, 6) is 0.336. The van der Waals surface area contributed by atoms with Crippen molar-refractivity contribution in [2.45, 2.75) is 25.8 Å². The minimum Gasteiger partial charge on any atom is -0.497 e. The van der Waals surface area contributed by atoms with E-state index in [2.05, 4.69) is 9.97 Å². The first-order valence-electron chi connectivity index (χ1n) is 9.66. The van der Waals surface area contributed by atoms with Crippen molar-refractivity contribution in [2.75, 3.05) is 17.8 Å². The normalized spacial score (nSPS) is 11.7. The Morgan fingerprint density at radius 3 is 2.71 bits per heavy atom. The number of hydrogen-bond acceptors (Lipinski definition) is 7. The largest absolute Gasteiger partial charge is 0.497 e. The van der Waals surface area contributed by atoms with Crippen LogP contribution in [0.15, 0.2) is 54.9 Å². The molecule has 0 radical (unpaired) electrons. The van der Waals surface area contributed by atoms with Crippen LogP contribution in [0.1, 0.15) is 29.7 Å². The molecule has 9 heteroatoms. The number of benzene rings is 1. The van der Waals surface area contributed by atoms with Crippen molar-refractivity contribution in [3.63, 3.8) is 0 Å². The van der Waals surface area contributed by atoms with E-state index in [-0.39, 0.29) is 17.6 Å². The summed E-state index contributed by atoms with van der Waals surface area (Å²) in [7, 11) is 1.55. The minimum atomic E-state index is -0.989. The second kappa shape index (κ2) is 11.3. The number of amides is 1. The fourth-order valence-corrected chi connectivity index (χ4v) is 4.72. The number of carbonyl (C=O) groups excluding carboxylic acids is 2. The molecule has 2 aromatic heterocycles. The molecule has 1 unspecified atom stereocenters. The van der Waals surface area contributed by atoms with Gasteiger partial charge in [0.15, 0.2) is 4.47 Å². The van der Waals surface area contributed by atoms with Crippen LogP contribution in [0.3, 0.4) is 0 Å². The maximum absolute atomic E-state index is 13.8. The lowest BCUT2D eigenvalue weighted by molar-refractivity contribution is -0.125. The Morgan fingerprint density at radius 1 is 1.23 bits per heavy atom. The number of anilines is 1. The number of thiazole rings is 1. The zero-order valence-electron chi connectivity index (χ0n) is 17.2. The summed E-state index contributed by atoms with van der Waals surface area (Å²) in [6.07, 6.45) is 4.08. The molecule has 0 saturated heterocycles. The number of nitrogens with zero attached hydrogens (tertiary/aromatic N) is 3. The van der Waals surface area contributed by atoms with Crippen molar-refractivity contribution >= 4 is 51.5 Å². The lowest BCUT2D eigenvalue weighted by Crippen LogP contribution is -2.37. The van der Waals surface area contributed by atoms with E-state index in [1.54, 1.807) is 62.0 Å². The van der Waals surface area contributed by atoms with E-state index in [4.69, 9.17) is 16.3 Å². The van der Waals surface area contributed by atoms with Gasteiger partial charge in [-0.15, -0.1) is 11.3 Å². The second-order valence-corrected chi connectivity index (χ2v) is 9.37. The summed E-state index contributed by atoms with van der Waals surface area (Å²) < 4.78 is 5.70. The summed E-state index contributed by atoms with van der Waals surface area (Å²) >= 11 is 8.44. The van der Waals surface area contributed by atoms with Crippen LogP contribution in [-0.4, -0.2) is 33.9 Å². The summed E-state index contributed by atoms with van der Waals surface area (Å²) in [5.41, 5.74) is 0.584. The van der Waals surface area contributed by atoms with Gasteiger partial charge in [-0.05, 0) is 36.2 Å². The van der Waals surface area contributed by atoms with Gasteiger partial charge in [-0.3, -0.25) is 14.5 Å². The van der Waals surface area contributed by atoms with Crippen LogP contribution in [0.5, 0.6) is 5.75 Å². The van der Waals surface area contributed by atoms with Crippen molar-refractivity contribution in [3.8, 4) is 5.75 Å². The molecule has 1 aromatic carbocycles. The molecule has 0 aliphatic rings. The molecule has 0 N–H and O–H groups in total. The van der Waals surface area contributed by atoms with Gasteiger partial charge in [0.2, 0.25) is 11.0 Å². The highest BCUT2D eigenvalue weighted by molar-refractivity contribution is 8.13. The number of hydrogen-bond donors (Lipinski definition) is 0. The molecule has 162 valence electrons. The summed E-state index contributed by atoms with van der Waals surface area (Å²) in [5, 5.41) is -0.205. The van der Waals surface area contributed by atoms with E-state index in [9.17, 15) is 9.59 Å². The third-order valence-electron chi connectivity index (χ3n) is 4.39. The fourth-order valence-electron chi connectivity index (χ4n) is 2.94. The Bertz CT molecular complexity index is 1030. The molecule has 2 heterocycles. The molecule has 0 fully saturated rings. The van der Waals surface area contributed by atoms with Gasteiger partial charge in [-0.1, -0.05) is 48.5 Å². The Hall–Kier alpha value is -2.42. The molecule has 0 spiro atoms. The molecule has 3 rings (SSSR count).